The van der Waals surface area contributed by atoms with Crippen LogP contribution in [0, 0.1) is 4.77 Å². The number of aromatic nitrogens is 5. The topological polar surface area (TPSA) is 120 Å². The molecule has 2 aromatic heterocycles. The van der Waals surface area contributed by atoms with Crippen molar-refractivity contribution in [2.45, 2.75) is 9.52 Å². The first kappa shape index (κ1) is 15.1. The van der Waals surface area contributed by atoms with Crippen LogP contribution >= 0.6 is 12.2 Å². The summed E-state index contributed by atoms with van der Waals surface area (Å²) in [6.45, 7) is 0. The Morgan fingerprint density at radius 2 is 2.05 bits per heavy atom. The van der Waals surface area contributed by atoms with Crippen LogP contribution in [0.25, 0.3) is 11.3 Å². The van der Waals surface area contributed by atoms with E-state index in [2.05, 4.69) is 19.4 Å². The molecule has 3 rings (SSSR count). The van der Waals surface area contributed by atoms with E-state index in [1.54, 1.807) is 12.1 Å². The van der Waals surface area contributed by atoms with E-state index in [9.17, 15) is 8.42 Å². The third-order valence-electron chi connectivity index (χ3n) is 2.88. The number of nitrogens with one attached hydrogen (secondary N) is 1. The molecular weight excluding hydrogens is 391 g/mol. The number of hydrogen-bond acceptors (Lipinski definition) is 7. The van der Waals surface area contributed by atoms with Crippen molar-refractivity contribution in [1.82, 2.24) is 24.1 Å². The maximum atomic E-state index is 12.6. The number of hydrogen-bond donors (Lipinski definition) is 2. The number of aromatic amines is 1. The van der Waals surface area contributed by atoms with Crippen LogP contribution in [0.2, 0.25) is 0 Å². The summed E-state index contributed by atoms with van der Waals surface area (Å²) in [7, 11) is -3.63. The number of rotatable bonds is 4. The van der Waals surface area contributed by atoms with Crippen molar-refractivity contribution in [2.24, 2.45) is 0 Å². The predicted molar refractivity (Wildman–Crippen MR) is 82.9 cm³/mol. The van der Waals surface area contributed by atoms with Crippen molar-refractivity contribution in [3.63, 3.8) is 0 Å². The number of H-pyrrole nitrogens is 1. The molecule has 114 valence electrons. The molecule has 0 unspecified atom stereocenters. The molecule has 0 spiro atoms. The number of nitrogen functional groups attached to an aromatic ring is 1. The minimum absolute atomic E-state index is 0.146. The summed E-state index contributed by atoms with van der Waals surface area (Å²) in [5.41, 5.74) is 1.11. The minimum atomic E-state index is -3.63. The van der Waals surface area contributed by atoms with Crippen LogP contribution < -0.4 is 5.84 Å². The third kappa shape index (κ3) is 2.75. The van der Waals surface area contributed by atoms with Gasteiger partial charge in [0, 0.05) is 0 Å². The first-order chi connectivity index (χ1) is 10.5. The van der Waals surface area contributed by atoms with Crippen molar-refractivity contribution < 1.29 is 8.42 Å². The van der Waals surface area contributed by atoms with Crippen LogP contribution in [-0.4, -0.2) is 47.2 Å². The molecule has 0 saturated carbocycles. The Morgan fingerprint density at radius 3 is 2.68 bits per heavy atom. The molecule has 0 saturated heterocycles. The zero-order valence-corrected chi connectivity index (χ0v) is 14.3. The quantitative estimate of drug-likeness (QED) is 0.363. The van der Waals surface area contributed by atoms with Gasteiger partial charge in [0.2, 0.25) is 0 Å². The van der Waals surface area contributed by atoms with Gasteiger partial charge in [-0.2, -0.15) is 0 Å². The molecule has 0 aliphatic carbocycles. The van der Waals surface area contributed by atoms with E-state index in [0.717, 1.165) is 10.2 Å². The van der Waals surface area contributed by atoms with Gasteiger partial charge in [-0.15, -0.1) is 0 Å². The van der Waals surface area contributed by atoms with E-state index in [0.29, 0.717) is 5.69 Å². The van der Waals surface area contributed by atoms with E-state index < -0.39 is 24.6 Å². The molecule has 0 fully saturated rings. The van der Waals surface area contributed by atoms with Gasteiger partial charge in [-0.1, -0.05) is 0 Å². The Bertz CT molecular complexity index is 960. The van der Waals surface area contributed by atoms with E-state index >= 15 is 0 Å². The van der Waals surface area contributed by atoms with Crippen LogP contribution in [0.15, 0.2) is 34.1 Å². The van der Waals surface area contributed by atoms with Crippen molar-refractivity contribution >= 4 is 36.8 Å². The number of nitrogens with two attached hydrogens (primary N) is 1. The second kappa shape index (κ2) is 5.76. The van der Waals surface area contributed by atoms with Crippen LogP contribution in [-0.2, 0) is 15.6 Å². The second-order valence-corrected chi connectivity index (χ2v) is 8.83. The van der Waals surface area contributed by atoms with Gasteiger partial charge < -0.3 is 0 Å². The monoisotopic (exact) mass is 402 g/mol. The van der Waals surface area contributed by atoms with Crippen molar-refractivity contribution in [2.75, 3.05) is 5.84 Å². The molecule has 0 aliphatic rings. The summed E-state index contributed by atoms with van der Waals surface area (Å²) in [4.78, 5) is 0. The third-order valence-corrected chi connectivity index (χ3v) is 7.65. The van der Waals surface area contributed by atoms with Gasteiger partial charge in [0.15, 0.2) is 0 Å². The normalized spacial score (nSPS) is 11.6. The number of sulfone groups is 1. The van der Waals surface area contributed by atoms with Gasteiger partial charge in [-0.25, -0.2) is 0 Å². The second-order valence-electron chi connectivity index (χ2n) is 4.35. The average Bonchev–Trinajstić information content (AvgIpc) is 3.11. The molecule has 3 N–H and O–H groups in total. The molecule has 11 heteroatoms. The van der Waals surface area contributed by atoms with Gasteiger partial charge in [-0.3, -0.25) is 0 Å². The van der Waals surface area contributed by atoms with Crippen LogP contribution in [0.4, 0.5) is 0 Å². The summed E-state index contributed by atoms with van der Waals surface area (Å²) < 4.78 is 30.6. The summed E-state index contributed by atoms with van der Waals surface area (Å²) >= 11 is 4.29. The first-order valence-electron chi connectivity index (χ1n) is 6.01. The number of benzene rings is 1. The molecule has 0 bridgehead atoms. The van der Waals surface area contributed by atoms with Gasteiger partial charge in [0.1, 0.15) is 0 Å². The van der Waals surface area contributed by atoms with Crippen LogP contribution in [0.3, 0.4) is 0 Å². The fraction of sp³-hybridized carbons (Fsp3) is 0.0909. The molecular formula is C11H10N6O2S2Se. The van der Waals surface area contributed by atoms with Gasteiger partial charge >= 0.3 is 137 Å². The Kier molecular flexibility index (Phi) is 3.96. The van der Waals surface area contributed by atoms with Gasteiger partial charge in [-0.05, 0) is 0 Å². The molecule has 0 amide bonds. The molecule has 0 aliphatic heterocycles. The van der Waals surface area contributed by atoms with E-state index in [-0.39, 0.29) is 20.1 Å². The standard InChI is InChI=1S/C11H10N6O2S2Se/c12-17-8(13-15-11(17)20)6-21(18,19)10-9(14-16-22-10)7-4-2-1-3-5-7/h1-5H,6,12H2,(H,15,20). The molecule has 8 nitrogen and oxygen atoms in total. The average molecular weight is 401 g/mol. The molecule has 1 aromatic carbocycles. The van der Waals surface area contributed by atoms with Crippen molar-refractivity contribution in [1.29, 1.82) is 0 Å². The Balaban J connectivity index is 2.03. The van der Waals surface area contributed by atoms with Gasteiger partial charge in [0.25, 0.3) is 0 Å². The molecule has 0 radical (unpaired) electrons. The first-order valence-corrected chi connectivity index (χ1v) is 9.69. The summed E-state index contributed by atoms with van der Waals surface area (Å²) in [5, 5.41) is 10.3. The van der Waals surface area contributed by atoms with E-state index in [1.165, 1.54) is 0 Å². The summed E-state index contributed by atoms with van der Waals surface area (Å²) in [6, 6.07) is 9.08. The molecule has 2 heterocycles. The van der Waals surface area contributed by atoms with E-state index in [1.807, 2.05) is 18.2 Å². The van der Waals surface area contributed by atoms with Crippen molar-refractivity contribution in [3.05, 3.63) is 40.9 Å². The Morgan fingerprint density at radius 1 is 1.32 bits per heavy atom. The zero-order valence-electron chi connectivity index (χ0n) is 11.0. The van der Waals surface area contributed by atoms with Crippen LogP contribution in [0.1, 0.15) is 5.82 Å². The molecule has 3 aromatic rings. The fourth-order valence-corrected chi connectivity index (χ4v) is 5.41. The van der Waals surface area contributed by atoms with Crippen molar-refractivity contribution in [3.8, 4) is 11.3 Å². The molecule has 0 atom stereocenters. The Labute approximate surface area is 136 Å². The maximum absolute atomic E-state index is 12.6. The number of nitrogens with zero attached hydrogens (tertiary/aromatic N) is 4. The van der Waals surface area contributed by atoms with Gasteiger partial charge in [0.05, 0.1) is 0 Å². The molecule has 22 heavy (non-hydrogen) atoms. The summed E-state index contributed by atoms with van der Waals surface area (Å²) in [5.74, 6) is 5.44. The Hall–Kier alpha value is -1.81. The van der Waals surface area contributed by atoms with E-state index in [4.69, 9.17) is 18.1 Å². The SMILES string of the molecule is Nn1c(CS(=O)(=O)c2[se]nnc2-c2ccccc2)n[nH]c1=S. The summed E-state index contributed by atoms with van der Waals surface area (Å²) in [6.07, 6.45) is 0. The fourth-order valence-electron chi connectivity index (χ4n) is 1.83. The zero-order chi connectivity index (χ0) is 15.7. The predicted octanol–water partition coefficient (Wildman–Crippen LogP) is 0.142. The van der Waals surface area contributed by atoms with Crippen LogP contribution in [0.5, 0.6) is 0 Å².